The van der Waals surface area contributed by atoms with Crippen molar-refractivity contribution in [2.24, 2.45) is 0 Å². The van der Waals surface area contributed by atoms with E-state index < -0.39 is 6.09 Å². The number of halogens is 1. The Labute approximate surface area is 154 Å². The largest absolute Gasteiger partial charge is 0.489 e. The van der Waals surface area contributed by atoms with Crippen LogP contribution >= 0.6 is 27.3 Å². The van der Waals surface area contributed by atoms with Crippen LogP contribution in [-0.4, -0.2) is 29.2 Å². The SMILES string of the molecule is Cc1cc(C2CCN(C(=O)O)CC2)ccc1OCc1ccsc1Br. The molecule has 1 aliphatic heterocycles. The van der Waals surface area contributed by atoms with Crippen molar-refractivity contribution < 1.29 is 14.6 Å². The summed E-state index contributed by atoms with van der Waals surface area (Å²) in [4.78, 5) is 12.5. The molecule has 0 atom stereocenters. The van der Waals surface area contributed by atoms with E-state index in [4.69, 9.17) is 9.84 Å². The van der Waals surface area contributed by atoms with Crippen LogP contribution in [0.15, 0.2) is 33.4 Å². The lowest BCUT2D eigenvalue weighted by molar-refractivity contribution is 0.132. The van der Waals surface area contributed by atoms with E-state index >= 15 is 0 Å². The summed E-state index contributed by atoms with van der Waals surface area (Å²) in [6.07, 6.45) is 0.953. The van der Waals surface area contributed by atoms with Crippen molar-refractivity contribution in [1.82, 2.24) is 4.90 Å². The van der Waals surface area contributed by atoms with Gasteiger partial charge in [0.25, 0.3) is 0 Å². The van der Waals surface area contributed by atoms with E-state index in [0.717, 1.165) is 33.5 Å². The molecular formula is C18H20BrNO3S. The molecule has 4 nitrogen and oxygen atoms in total. The van der Waals surface area contributed by atoms with Crippen molar-refractivity contribution in [3.63, 3.8) is 0 Å². The van der Waals surface area contributed by atoms with E-state index in [2.05, 4.69) is 41.1 Å². The molecule has 1 N–H and O–H groups in total. The molecule has 0 saturated carbocycles. The van der Waals surface area contributed by atoms with Gasteiger partial charge < -0.3 is 14.7 Å². The van der Waals surface area contributed by atoms with E-state index in [0.29, 0.717) is 25.6 Å². The second kappa shape index (κ2) is 7.57. The maximum absolute atomic E-state index is 11.0. The standard InChI is InChI=1S/C18H20BrNO3S/c1-12-10-14(13-4-7-20(8-5-13)18(21)22)2-3-16(12)23-11-15-6-9-24-17(15)19/h2-3,6,9-10,13H,4-5,7-8,11H2,1H3,(H,21,22). The van der Waals surface area contributed by atoms with Crippen LogP contribution in [0.2, 0.25) is 0 Å². The normalized spacial score (nSPS) is 15.5. The third-order valence-corrected chi connectivity index (χ3v) is 6.32. The van der Waals surface area contributed by atoms with Crippen molar-refractivity contribution in [2.45, 2.75) is 32.3 Å². The molecule has 2 heterocycles. The van der Waals surface area contributed by atoms with E-state index in [1.54, 1.807) is 11.3 Å². The molecule has 1 amide bonds. The summed E-state index contributed by atoms with van der Waals surface area (Å²) in [6, 6.07) is 8.40. The molecule has 0 bridgehead atoms. The molecule has 1 aliphatic rings. The second-order valence-corrected chi connectivity index (χ2v) is 8.31. The van der Waals surface area contributed by atoms with Gasteiger partial charge in [0.15, 0.2) is 0 Å². The van der Waals surface area contributed by atoms with Gasteiger partial charge in [-0.05, 0) is 70.3 Å². The van der Waals surface area contributed by atoms with Gasteiger partial charge in [-0.15, -0.1) is 11.3 Å². The van der Waals surface area contributed by atoms with Gasteiger partial charge in [0, 0.05) is 18.7 Å². The van der Waals surface area contributed by atoms with Crippen LogP contribution in [0.25, 0.3) is 0 Å². The molecule has 128 valence electrons. The van der Waals surface area contributed by atoms with Crippen LogP contribution < -0.4 is 4.74 Å². The van der Waals surface area contributed by atoms with Crippen LogP contribution in [0.4, 0.5) is 4.79 Å². The van der Waals surface area contributed by atoms with Crippen molar-refractivity contribution in [2.75, 3.05) is 13.1 Å². The van der Waals surface area contributed by atoms with Gasteiger partial charge in [-0.3, -0.25) is 0 Å². The molecule has 0 radical (unpaired) electrons. The zero-order valence-corrected chi connectivity index (χ0v) is 15.9. The number of piperidine rings is 1. The van der Waals surface area contributed by atoms with Gasteiger partial charge >= 0.3 is 6.09 Å². The number of carbonyl (C=O) groups is 1. The fourth-order valence-electron chi connectivity index (χ4n) is 3.07. The van der Waals surface area contributed by atoms with Crippen LogP contribution in [0.5, 0.6) is 5.75 Å². The van der Waals surface area contributed by atoms with Gasteiger partial charge in [-0.2, -0.15) is 0 Å². The number of ether oxygens (including phenoxy) is 1. The Morgan fingerprint density at radius 3 is 2.71 bits per heavy atom. The minimum Gasteiger partial charge on any atom is -0.489 e. The average molecular weight is 410 g/mol. The maximum Gasteiger partial charge on any atom is 0.407 e. The number of benzene rings is 1. The molecule has 24 heavy (non-hydrogen) atoms. The molecule has 0 unspecified atom stereocenters. The highest BCUT2D eigenvalue weighted by molar-refractivity contribution is 9.11. The molecule has 1 saturated heterocycles. The van der Waals surface area contributed by atoms with Crippen molar-refractivity contribution in [3.05, 3.63) is 50.1 Å². The number of nitrogens with zero attached hydrogens (tertiary/aromatic N) is 1. The summed E-state index contributed by atoms with van der Waals surface area (Å²) in [5.41, 5.74) is 3.56. The lowest BCUT2D eigenvalue weighted by Gasteiger charge is -2.30. The first-order chi connectivity index (χ1) is 11.5. The highest BCUT2D eigenvalue weighted by Gasteiger charge is 2.23. The van der Waals surface area contributed by atoms with Gasteiger partial charge in [0.2, 0.25) is 0 Å². The number of hydrogen-bond acceptors (Lipinski definition) is 3. The molecule has 0 aliphatic carbocycles. The molecule has 1 fully saturated rings. The van der Waals surface area contributed by atoms with Crippen LogP contribution in [-0.2, 0) is 6.61 Å². The average Bonchev–Trinajstić information content (AvgIpc) is 2.99. The zero-order chi connectivity index (χ0) is 17.1. The summed E-state index contributed by atoms with van der Waals surface area (Å²) in [7, 11) is 0. The van der Waals surface area contributed by atoms with E-state index in [1.807, 2.05) is 11.4 Å². The Morgan fingerprint density at radius 1 is 1.38 bits per heavy atom. The summed E-state index contributed by atoms with van der Waals surface area (Å²) in [5, 5.41) is 11.1. The number of hydrogen-bond donors (Lipinski definition) is 1. The third kappa shape index (κ3) is 3.92. The van der Waals surface area contributed by atoms with Gasteiger partial charge in [0.05, 0.1) is 3.79 Å². The summed E-state index contributed by atoms with van der Waals surface area (Å²) < 4.78 is 7.06. The number of likely N-dealkylation sites (tertiary alicyclic amines) is 1. The van der Waals surface area contributed by atoms with Crippen LogP contribution in [0.1, 0.15) is 35.4 Å². The van der Waals surface area contributed by atoms with E-state index in [-0.39, 0.29) is 0 Å². The first kappa shape index (κ1) is 17.3. The predicted octanol–water partition coefficient (Wildman–Crippen LogP) is 5.26. The molecule has 6 heteroatoms. The smallest absolute Gasteiger partial charge is 0.407 e. The number of carboxylic acid groups (broad SMARTS) is 1. The number of rotatable bonds is 4. The Hall–Kier alpha value is -1.53. The molecule has 2 aromatic rings. The van der Waals surface area contributed by atoms with Crippen molar-refractivity contribution in [3.8, 4) is 5.75 Å². The van der Waals surface area contributed by atoms with Gasteiger partial charge in [-0.25, -0.2) is 4.79 Å². The summed E-state index contributed by atoms with van der Waals surface area (Å²) in [6.45, 7) is 3.85. The quantitative estimate of drug-likeness (QED) is 0.749. The van der Waals surface area contributed by atoms with Gasteiger partial charge in [-0.1, -0.05) is 12.1 Å². The van der Waals surface area contributed by atoms with Crippen LogP contribution in [0.3, 0.4) is 0 Å². The topological polar surface area (TPSA) is 49.8 Å². The van der Waals surface area contributed by atoms with E-state index in [1.165, 1.54) is 10.5 Å². The zero-order valence-electron chi connectivity index (χ0n) is 13.5. The summed E-state index contributed by atoms with van der Waals surface area (Å²) in [5.74, 6) is 1.33. The highest BCUT2D eigenvalue weighted by Crippen LogP contribution is 2.32. The predicted molar refractivity (Wildman–Crippen MR) is 99.1 cm³/mol. The lowest BCUT2D eigenvalue weighted by Crippen LogP contribution is -2.36. The number of amides is 1. The van der Waals surface area contributed by atoms with Crippen molar-refractivity contribution >= 4 is 33.4 Å². The maximum atomic E-state index is 11.0. The number of thiophene rings is 1. The fourth-order valence-corrected chi connectivity index (χ4v) is 4.27. The van der Waals surface area contributed by atoms with E-state index in [9.17, 15) is 4.79 Å². The molecular weight excluding hydrogens is 390 g/mol. The fraction of sp³-hybridized carbons (Fsp3) is 0.389. The first-order valence-corrected chi connectivity index (χ1v) is 9.65. The van der Waals surface area contributed by atoms with Crippen molar-refractivity contribution in [1.29, 1.82) is 0 Å². The Kier molecular flexibility index (Phi) is 5.46. The monoisotopic (exact) mass is 409 g/mol. The Morgan fingerprint density at radius 2 is 2.12 bits per heavy atom. The second-order valence-electron chi connectivity index (χ2n) is 6.08. The van der Waals surface area contributed by atoms with Crippen LogP contribution in [0, 0.1) is 6.92 Å². The van der Waals surface area contributed by atoms with Gasteiger partial charge in [0.1, 0.15) is 12.4 Å². The molecule has 1 aromatic heterocycles. The lowest BCUT2D eigenvalue weighted by atomic mass is 9.88. The highest BCUT2D eigenvalue weighted by atomic mass is 79.9. The molecule has 3 rings (SSSR count). The number of aryl methyl sites for hydroxylation is 1. The Bertz CT molecular complexity index is 723. The minimum absolute atomic E-state index is 0.430. The Balaban J connectivity index is 1.62. The minimum atomic E-state index is -0.812. The third-order valence-electron chi connectivity index (χ3n) is 4.51. The molecule has 0 spiro atoms. The summed E-state index contributed by atoms with van der Waals surface area (Å²) >= 11 is 5.19. The molecule has 1 aromatic carbocycles. The first-order valence-electron chi connectivity index (χ1n) is 7.97.